The largest absolute Gasteiger partial charge is 0.496 e. The first-order chi connectivity index (χ1) is 8.15. The standard InChI is InChI=1S/C13H12F2O2/c1-17-10-7-6-8-4-2-3-5-9(8)11(10)12(16)13(14)15/h2-7,12-13,16H,1H3. The molecular formula is C13H12F2O2. The van der Waals surface area contributed by atoms with Crippen LogP contribution in [0.15, 0.2) is 36.4 Å². The number of rotatable bonds is 3. The Bertz CT molecular complexity index is 526. The van der Waals surface area contributed by atoms with E-state index in [0.29, 0.717) is 5.39 Å². The van der Waals surface area contributed by atoms with Crippen LogP contribution in [0.2, 0.25) is 0 Å². The SMILES string of the molecule is COc1ccc2ccccc2c1C(O)C(F)F. The molecule has 1 unspecified atom stereocenters. The number of hydrogen-bond acceptors (Lipinski definition) is 2. The van der Waals surface area contributed by atoms with Crippen molar-refractivity contribution in [2.45, 2.75) is 12.5 Å². The van der Waals surface area contributed by atoms with Crippen LogP contribution >= 0.6 is 0 Å². The van der Waals surface area contributed by atoms with Crippen molar-refractivity contribution in [3.05, 3.63) is 42.0 Å². The zero-order chi connectivity index (χ0) is 12.4. The fraction of sp³-hybridized carbons (Fsp3) is 0.231. The zero-order valence-corrected chi connectivity index (χ0v) is 9.23. The van der Waals surface area contributed by atoms with Gasteiger partial charge in [0.25, 0.3) is 6.43 Å². The molecule has 0 fully saturated rings. The van der Waals surface area contributed by atoms with Crippen molar-refractivity contribution in [2.75, 3.05) is 7.11 Å². The molecule has 0 aliphatic rings. The normalized spacial score (nSPS) is 13.0. The summed E-state index contributed by atoms with van der Waals surface area (Å²) in [5.74, 6) is 0.275. The van der Waals surface area contributed by atoms with E-state index in [1.54, 1.807) is 30.3 Å². The molecule has 0 aliphatic heterocycles. The van der Waals surface area contributed by atoms with Crippen molar-refractivity contribution < 1.29 is 18.6 Å². The average Bonchev–Trinajstić information content (AvgIpc) is 2.36. The number of hydrogen-bond donors (Lipinski definition) is 1. The van der Waals surface area contributed by atoms with E-state index in [4.69, 9.17) is 4.74 Å². The van der Waals surface area contributed by atoms with Crippen molar-refractivity contribution >= 4 is 10.8 Å². The lowest BCUT2D eigenvalue weighted by Crippen LogP contribution is -2.10. The number of methoxy groups -OCH3 is 1. The minimum absolute atomic E-state index is 0.139. The van der Waals surface area contributed by atoms with Gasteiger partial charge in [0, 0.05) is 5.56 Å². The molecule has 2 aromatic carbocycles. The molecule has 0 aliphatic carbocycles. The van der Waals surface area contributed by atoms with Gasteiger partial charge in [-0.1, -0.05) is 30.3 Å². The Labute approximate surface area is 97.4 Å². The highest BCUT2D eigenvalue weighted by Crippen LogP contribution is 2.35. The number of alkyl halides is 2. The second-order valence-electron chi connectivity index (χ2n) is 3.68. The van der Waals surface area contributed by atoms with Gasteiger partial charge in [-0.2, -0.15) is 0 Å². The summed E-state index contributed by atoms with van der Waals surface area (Å²) in [4.78, 5) is 0. The molecule has 0 saturated heterocycles. The second-order valence-corrected chi connectivity index (χ2v) is 3.68. The van der Waals surface area contributed by atoms with Gasteiger partial charge in [0.15, 0.2) is 0 Å². The Morgan fingerprint density at radius 3 is 2.47 bits per heavy atom. The Balaban J connectivity index is 2.71. The van der Waals surface area contributed by atoms with E-state index in [1.165, 1.54) is 7.11 Å². The predicted octanol–water partition coefficient (Wildman–Crippen LogP) is 3.15. The number of aliphatic hydroxyl groups is 1. The van der Waals surface area contributed by atoms with Crippen LogP contribution in [0, 0.1) is 0 Å². The Morgan fingerprint density at radius 1 is 1.12 bits per heavy atom. The van der Waals surface area contributed by atoms with Gasteiger partial charge in [-0.05, 0) is 16.8 Å². The van der Waals surface area contributed by atoms with Gasteiger partial charge >= 0.3 is 0 Å². The lowest BCUT2D eigenvalue weighted by molar-refractivity contribution is -0.00611. The van der Waals surface area contributed by atoms with E-state index < -0.39 is 12.5 Å². The summed E-state index contributed by atoms with van der Waals surface area (Å²) in [5.41, 5.74) is 0.139. The van der Waals surface area contributed by atoms with Gasteiger partial charge in [-0.25, -0.2) is 8.78 Å². The zero-order valence-electron chi connectivity index (χ0n) is 9.23. The summed E-state index contributed by atoms with van der Waals surface area (Å²) in [6.45, 7) is 0. The third-order valence-electron chi connectivity index (χ3n) is 2.69. The summed E-state index contributed by atoms with van der Waals surface area (Å²) in [6.07, 6.45) is -4.68. The van der Waals surface area contributed by atoms with Crippen molar-refractivity contribution in [1.82, 2.24) is 0 Å². The predicted molar refractivity (Wildman–Crippen MR) is 61.5 cm³/mol. The fourth-order valence-corrected chi connectivity index (χ4v) is 1.88. The smallest absolute Gasteiger partial charge is 0.268 e. The number of ether oxygens (including phenoxy) is 1. The quantitative estimate of drug-likeness (QED) is 0.890. The van der Waals surface area contributed by atoms with Crippen molar-refractivity contribution in [3.63, 3.8) is 0 Å². The van der Waals surface area contributed by atoms with Gasteiger partial charge in [-0.15, -0.1) is 0 Å². The molecule has 4 heteroatoms. The summed E-state index contributed by atoms with van der Waals surface area (Å²) >= 11 is 0. The minimum Gasteiger partial charge on any atom is -0.496 e. The first-order valence-electron chi connectivity index (χ1n) is 5.17. The van der Waals surface area contributed by atoms with Crippen LogP contribution in [0.3, 0.4) is 0 Å². The average molecular weight is 238 g/mol. The molecule has 0 aromatic heterocycles. The summed E-state index contributed by atoms with van der Waals surface area (Å²) in [7, 11) is 1.39. The van der Waals surface area contributed by atoms with Gasteiger partial charge in [0.05, 0.1) is 7.11 Å². The van der Waals surface area contributed by atoms with Crippen LogP contribution in [-0.4, -0.2) is 18.6 Å². The molecule has 17 heavy (non-hydrogen) atoms. The van der Waals surface area contributed by atoms with E-state index in [0.717, 1.165) is 5.39 Å². The van der Waals surface area contributed by atoms with Crippen molar-refractivity contribution in [2.24, 2.45) is 0 Å². The molecular weight excluding hydrogens is 226 g/mol. The Hall–Kier alpha value is -1.68. The Morgan fingerprint density at radius 2 is 1.82 bits per heavy atom. The van der Waals surface area contributed by atoms with Crippen molar-refractivity contribution in [1.29, 1.82) is 0 Å². The molecule has 0 radical (unpaired) electrons. The van der Waals surface area contributed by atoms with Crippen LogP contribution < -0.4 is 4.74 Å². The van der Waals surface area contributed by atoms with Gasteiger partial charge in [0.1, 0.15) is 11.9 Å². The molecule has 2 aromatic rings. The first-order valence-corrected chi connectivity index (χ1v) is 5.17. The van der Waals surface area contributed by atoms with E-state index in [9.17, 15) is 13.9 Å². The minimum atomic E-state index is -2.84. The molecule has 2 nitrogen and oxygen atoms in total. The summed E-state index contributed by atoms with van der Waals surface area (Å²) in [6, 6.07) is 10.4. The lowest BCUT2D eigenvalue weighted by atomic mass is 9.99. The number of fused-ring (bicyclic) bond motifs is 1. The number of aliphatic hydroxyl groups excluding tert-OH is 1. The van der Waals surface area contributed by atoms with Gasteiger partial charge < -0.3 is 9.84 Å². The highest BCUT2D eigenvalue weighted by atomic mass is 19.3. The van der Waals surface area contributed by atoms with Crippen LogP contribution in [0.4, 0.5) is 8.78 Å². The number of benzene rings is 2. The lowest BCUT2D eigenvalue weighted by Gasteiger charge is -2.16. The molecule has 0 amide bonds. The summed E-state index contributed by atoms with van der Waals surface area (Å²) < 4.78 is 30.3. The van der Waals surface area contributed by atoms with Crippen LogP contribution in [-0.2, 0) is 0 Å². The van der Waals surface area contributed by atoms with Gasteiger partial charge in [-0.3, -0.25) is 0 Å². The van der Waals surface area contributed by atoms with Crippen LogP contribution in [0.5, 0.6) is 5.75 Å². The molecule has 2 rings (SSSR count). The topological polar surface area (TPSA) is 29.5 Å². The third-order valence-corrected chi connectivity index (χ3v) is 2.69. The third kappa shape index (κ3) is 2.08. The fourth-order valence-electron chi connectivity index (χ4n) is 1.88. The van der Waals surface area contributed by atoms with Crippen molar-refractivity contribution in [3.8, 4) is 5.75 Å². The first kappa shape index (κ1) is 11.8. The highest BCUT2D eigenvalue weighted by molar-refractivity contribution is 5.88. The molecule has 1 N–H and O–H groups in total. The molecule has 0 saturated carbocycles. The maximum absolute atomic E-state index is 12.7. The van der Waals surface area contributed by atoms with Gasteiger partial charge in [0.2, 0.25) is 0 Å². The maximum atomic E-state index is 12.7. The van der Waals surface area contributed by atoms with Crippen LogP contribution in [0.1, 0.15) is 11.7 Å². The maximum Gasteiger partial charge on any atom is 0.268 e. The van der Waals surface area contributed by atoms with E-state index >= 15 is 0 Å². The van der Waals surface area contributed by atoms with Crippen LogP contribution in [0.25, 0.3) is 10.8 Å². The highest BCUT2D eigenvalue weighted by Gasteiger charge is 2.24. The number of halogens is 2. The Kier molecular flexibility index (Phi) is 3.24. The van der Waals surface area contributed by atoms with E-state index in [2.05, 4.69) is 0 Å². The molecule has 90 valence electrons. The molecule has 0 heterocycles. The monoisotopic (exact) mass is 238 g/mol. The van der Waals surface area contributed by atoms with E-state index in [1.807, 2.05) is 6.07 Å². The summed E-state index contributed by atoms with van der Waals surface area (Å²) in [5, 5.41) is 11.0. The van der Waals surface area contributed by atoms with E-state index in [-0.39, 0.29) is 11.3 Å². The molecule has 0 spiro atoms. The molecule has 1 atom stereocenters. The molecule has 0 bridgehead atoms. The second kappa shape index (κ2) is 4.67.